The van der Waals surface area contributed by atoms with Crippen LogP contribution in [0.3, 0.4) is 0 Å². The first-order valence-electron chi connectivity index (χ1n) is 9.41. The van der Waals surface area contributed by atoms with Crippen LogP contribution in [0.1, 0.15) is 61.1 Å². The van der Waals surface area contributed by atoms with E-state index in [0.717, 1.165) is 43.3 Å². The molecule has 2 aromatic rings. The van der Waals surface area contributed by atoms with Crippen LogP contribution in [0.15, 0.2) is 17.2 Å². The quantitative estimate of drug-likeness (QED) is 0.823. The van der Waals surface area contributed by atoms with Crippen LogP contribution < -0.4 is 10.5 Å². The third-order valence-corrected chi connectivity index (χ3v) is 6.74. The smallest absolute Gasteiger partial charge is 0.253 e. The fraction of sp³-hybridized carbons (Fsp3) is 0.667. The molecule has 0 atom stereocenters. The number of piperidine rings is 1. The first-order valence-corrected chi connectivity index (χ1v) is 10.2. The monoisotopic (exact) mass is 357 g/mol. The molecule has 1 saturated heterocycles. The first kappa shape index (κ1) is 15.5. The van der Waals surface area contributed by atoms with Gasteiger partial charge < -0.3 is 4.90 Å². The minimum absolute atomic E-state index is 0.109. The van der Waals surface area contributed by atoms with Gasteiger partial charge in [-0.15, -0.1) is 10.2 Å². The van der Waals surface area contributed by atoms with E-state index in [1.54, 1.807) is 28.3 Å². The molecule has 7 heteroatoms. The molecule has 2 saturated carbocycles. The maximum absolute atomic E-state index is 12.3. The van der Waals surface area contributed by atoms with Crippen molar-refractivity contribution >= 4 is 16.5 Å². The van der Waals surface area contributed by atoms with E-state index in [1.165, 1.54) is 30.7 Å². The molecule has 2 aromatic heterocycles. The molecule has 1 aliphatic heterocycles. The van der Waals surface area contributed by atoms with Crippen molar-refractivity contribution in [2.45, 2.75) is 56.9 Å². The van der Waals surface area contributed by atoms with Crippen molar-refractivity contribution in [1.29, 1.82) is 0 Å². The molecule has 0 amide bonds. The van der Waals surface area contributed by atoms with E-state index in [0.29, 0.717) is 17.8 Å². The van der Waals surface area contributed by atoms with Crippen molar-refractivity contribution in [3.8, 4) is 0 Å². The second kappa shape index (κ2) is 6.20. The highest BCUT2D eigenvalue weighted by molar-refractivity contribution is 7.15. The molecule has 3 aliphatic rings. The number of rotatable bonds is 5. The van der Waals surface area contributed by atoms with Gasteiger partial charge in [-0.25, -0.2) is 4.98 Å². The largest absolute Gasteiger partial charge is 0.347 e. The van der Waals surface area contributed by atoms with E-state index < -0.39 is 0 Å². The zero-order valence-corrected chi connectivity index (χ0v) is 15.1. The second-order valence-corrected chi connectivity index (χ2v) is 8.69. The van der Waals surface area contributed by atoms with Gasteiger partial charge in [0.2, 0.25) is 5.13 Å². The van der Waals surface area contributed by atoms with Crippen LogP contribution >= 0.6 is 11.3 Å². The molecule has 0 bridgehead atoms. The van der Waals surface area contributed by atoms with Gasteiger partial charge in [0.25, 0.3) is 5.56 Å². The number of nitrogens with zero attached hydrogens (tertiary/aromatic N) is 5. The molecule has 25 heavy (non-hydrogen) atoms. The lowest BCUT2D eigenvalue weighted by molar-refractivity contribution is 0.350. The van der Waals surface area contributed by atoms with Crippen molar-refractivity contribution in [1.82, 2.24) is 19.7 Å². The predicted molar refractivity (Wildman–Crippen MR) is 97.3 cm³/mol. The Hall–Kier alpha value is -1.76. The summed E-state index contributed by atoms with van der Waals surface area (Å²) in [5.41, 5.74) is 1.09. The Balaban J connectivity index is 1.19. The standard InChI is InChI=1S/C18H23N5OS/c24-16-9-15(13-1-2-13)19-11-23(16)10-12-5-7-22(8-6-12)18-21-20-17(25-18)14-3-4-14/h9,11-14H,1-8,10H2. The zero-order valence-electron chi connectivity index (χ0n) is 14.3. The molecule has 0 radical (unpaired) electrons. The molecule has 0 aromatic carbocycles. The third-order valence-electron chi connectivity index (χ3n) is 5.59. The molecule has 2 aliphatic carbocycles. The Bertz CT molecular complexity index is 815. The summed E-state index contributed by atoms with van der Waals surface area (Å²) >= 11 is 1.77. The lowest BCUT2D eigenvalue weighted by Gasteiger charge is -2.31. The average molecular weight is 357 g/mol. The van der Waals surface area contributed by atoms with E-state index in [2.05, 4.69) is 20.1 Å². The third kappa shape index (κ3) is 3.34. The highest BCUT2D eigenvalue weighted by Crippen LogP contribution is 2.43. The summed E-state index contributed by atoms with van der Waals surface area (Å²) in [6.45, 7) is 2.80. The second-order valence-electron chi connectivity index (χ2n) is 7.71. The Morgan fingerprint density at radius 3 is 2.48 bits per heavy atom. The fourth-order valence-electron chi connectivity index (χ4n) is 3.61. The van der Waals surface area contributed by atoms with Crippen LogP contribution in [0.4, 0.5) is 5.13 Å². The number of hydrogen-bond acceptors (Lipinski definition) is 6. The maximum Gasteiger partial charge on any atom is 0.253 e. The van der Waals surface area contributed by atoms with E-state index in [4.69, 9.17) is 0 Å². The topological polar surface area (TPSA) is 63.9 Å². The van der Waals surface area contributed by atoms with Crippen molar-refractivity contribution in [2.75, 3.05) is 18.0 Å². The highest BCUT2D eigenvalue weighted by atomic mass is 32.1. The predicted octanol–water partition coefficient (Wildman–Crippen LogP) is 2.77. The molecule has 3 heterocycles. The summed E-state index contributed by atoms with van der Waals surface area (Å²) in [5.74, 6) is 1.76. The molecule has 0 N–H and O–H groups in total. The van der Waals surface area contributed by atoms with Crippen molar-refractivity contribution in [3.63, 3.8) is 0 Å². The zero-order chi connectivity index (χ0) is 16.8. The summed E-state index contributed by atoms with van der Waals surface area (Å²) in [7, 11) is 0. The van der Waals surface area contributed by atoms with E-state index in [1.807, 2.05) is 0 Å². The van der Waals surface area contributed by atoms with Crippen LogP contribution in [0.5, 0.6) is 0 Å². The summed E-state index contributed by atoms with van der Waals surface area (Å²) in [6.07, 6.45) is 8.86. The minimum atomic E-state index is 0.109. The molecule has 3 fully saturated rings. The Morgan fingerprint density at radius 2 is 1.80 bits per heavy atom. The van der Waals surface area contributed by atoms with E-state index in [9.17, 15) is 4.79 Å². The Labute approximate surface area is 150 Å². The Kier molecular flexibility index (Phi) is 3.84. The van der Waals surface area contributed by atoms with E-state index >= 15 is 0 Å². The molecule has 5 rings (SSSR count). The van der Waals surface area contributed by atoms with Crippen LogP contribution in [0, 0.1) is 5.92 Å². The molecular weight excluding hydrogens is 334 g/mol. The molecular formula is C18H23N5OS. The van der Waals surface area contributed by atoms with Gasteiger partial charge in [-0.1, -0.05) is 11.3 Å². The average Bonchev–Trinajstić information content (AvgIpc) is 3.56. The van der Waals surface area contributed by atoms with E-state index in [-0.39, 0.29) is 5.56 Å². The number of anilines is 1. The van der Waals surface area contributed by atoms with Crippen LogP contribution in [-0.2, 0) is 6.54 Å². The van der Waals surface area contributed by atoms with Gasteiger partial charge in [0.15, 0.2) is 0 Å². The summed E-state index contributed by atoms with van der Waals surface area (Å²) in [4.78, 5) is 19.1. The summed E-state index contributed by atoms with van der Waals surface area (Å²) in [5, 5.41) is 11.0. The normalized spacial score (nSPS) is 21.7. The molecule has 132 valence electrons. The SMILES string of the molecule is O=c1cc(C2CC2)ncn1CC1CCN(c2nnc(C3CC3)s2)CC1. The van der Waals surface area contributed by atoms with Gasteiger partial charge >= 0.3 is 0 Å². The fourth-order valence-corrected chi connectivity index (χ4v) is 4.68. The van der Waals surface area contributed by atoms with Gasteiger partial charge in [-0.2, -0.15) is 0 Å². The molecule has 6 nitrogen and oxygen atoms in total. The minimum Gasteiger partial charge on any atom is -0.347 e. The van der Waals surface area contributed by atoms with Crippen molar-refractivity contribution < 1.29 is 0 Å². The van der Waals surface area contributed by atoms with Crippen LogP contribution in [-0.4, -0.2) is 32.8 Å². The van der Waals surface area contributed by atoms with Gasteiger partial charge in [-0.05, 0) is 44.4 Å². The molecule has 0 spiro atoms. The summed E-state index contributed by atoms with van der Waals surface area (Å²) < 4.78 is 1.79. The van der Waals surface area contributed by atoms with Gasteiger partial charge in [0.05, 0.1) is 12.0 Å². The van der Waals surface area contributed by atoms with Gasteiger partial charge in [0, 0.05) is 37.5 Å². The lowest BCUT2D eigenvalue weighted by atomic mass is 9.97. The maximum atomic E-state index is 12.3. The molecule has 0 unspecified atom stereocenters. The van der Waals surface area contributed by atoms with Crippen molar-refractivity contribution in [2.24, 2.45) is 5.92 Å². The van der Waals surface area contributed by atoms with Gasteiger partial charge in [0.1, 0.15) is 5.01 Å². The van der Waals surface area contributed by atoms with Gasteiger partial charge in [-0.3, -0.25) is 9.36 Å². The highest BCUT2D eigenvalue weighted by Gasteiger charge is 2.29. The van der Waals surface area contributed by atoms with Crippen molar-refractivity contribution in [3.05, 3.63) is 33.4 Å². The lowest BCUT2D eigenvalue weighted by Crippen LogP contribution is -2.36. The number of aromatic nitrogens is 4. The first-order chi connectivity index (χ1) is 12.3. The van der Waals surface area contributed by atoms with Crippen LogP contribution in [0.2, 0.25) is 0 Å². The summed E-state index contributed by atoms with van der Waals surface area (Å²) in [6, 6.07) is 1.74. The van der Waals surface area contributed by atoms with Crippen LogP contribution in [0.25, 0.3) is 0 Å². The number of hydrogen-bond donors (Lipinski definition) is 0. The Morgan fingerprint density at radius 1 is 1.04 bits per heavy atom.